The van der Waals surface area contributed by atoms with Crippen LogP contribution >= 0.6 is 35.7 Å². The van der Waals surface area contributed by atoms with E-state index >= 15 is 0 Å². The van der Waals surface area contributed by atoms with Crippen molar-refractivity contribution in [3.63, 3.8) is 0 Å². The maximum absolute atomic E-state index is 4.33. The van der Waals surface area contributed by atoms with E-state index in [9.17, 15) is 0 Å². The van der Waals surface area contributed by atoms with Crippen LogP contribution in [0.15, 0.2) is 4.99 Å². The molecule has 1 fully saturated rings. The fourth-order valence-corrected chi connectivity index (χ4v) is 3.02. The van der Waals surface area contributed by atoms with Gasteiger partial charge < -0.3 is 15.5 Å². The van der Waals surface area contributed by atoms with Crippen LogP contribution in [0.2, 0.25) is 0 Å². The molecule has 0 bridgehead atoms. The molecule has 0 saturated carbocycles. The smallest absolute Gasteiger partial charge is 0.191 e. The molecule has 1 heterocycles. The zero-order valence-corrected chi connectivity index (χ0v) is 17.2. The van der Waals surface area contributed by atoms with Gasteiger partial charge in [0, 0.05) is 38.8 Å². The lowest BCUT2D eigenvalue weighted by Gasteiger charge is -2.35. The van der Waals surface area contributed by atoms with Gasteiger partial charge in [-0.05, 0) is 51.5 Å². The van der Waals surface area contributed by atoms with Gasteiger partial charge in [-0.25, -0.2) is 0 Å². The predicted octanol–water partition coefficient (Wildman–Crippen LogP) is 2.79. The lowest BCUT2D eigenvalue weighted by atomic mass is 10.0. The summed E-state index contributed by atoms with van der Waals surface area (Å²) in [4.78, 5) is 6.88. The van der Waals surface area contributed by atoms with Crippen LogP contribution in [0.1, 0.15) is 39.5 Å². The maximum Gasteiger partial charge on any atom is 0.191 e. The Balaban J connectivity index is 0.00000400. The molecule has 6 heteroatoms. The van der Waals surface area contributed by atoms with E-state index < -0.39 is 0 Å². The quantitative estimate of drug-likeness (QED) is 0.283. The molecule has 1 aliphatic heterocycles. The molecule has 1 saturated heterocycles. The first-order valence-corrected chi connectivity index (χ1v) is 9.27. The van der Waals surface area contributed by atoms with Crippen molar-refractivity contribution in [3.8, 4) is 0 Å². The lowest BCUT2D eigenvalue weighted by Crippen LogP contribution is -2.49. The Morgan fingerprint density at radius 3 is 2.48 bits per heavy atom. The van der Waals surface area contributed by atoms with Crippen LogP contribution in [-0.4, -0.2) is 61.6 Å². The molecular weight excluding hydrogens is 395 g/mol. The summed E-state index contributed by atoms with van der Waals surface area (Å²) < 4.78 is 0. The Kier molecular flexibility index (Phi) is 13.0. The Labute approximate surface area is 152 Å². The molecule has 0 aromatic rings. The van der Waals surface area contributed by atoms with E-state index in [0.29, 0.717) is 12.1 Å². The molecule has 0 atom stereocenters. The van der Waals surface area contributed by atoms with E-state index in [1.54, 1.807) is 0 Å². The highest BCUT2D eigenvalue weighted by molar-refractivity contribution is 14.0. The fourth-order valence-electron chi connectivity index (χ4n) is 2.53. The van der Waals surface area contributed by atoms with Crippen LogP contribution in [0.4, 0.5) is 0 Å². The minimum atomic E-state index is 0. The Morgan fingerprint density at radius 1 is 1.29 bits per heavy atom. The zero-order chi connectivity index (χ0) is 14.8. The van der Waals surface area contributed by atoms with Gasteiger partial charge in [0.2, 0.25) is 0 Å². The van der Waals surface area contributed by atoms with Gasteiger partial charge in [0.15, 0.2) is 5.96 Å². The number of nitrogens with one attached hydrogen (secondary N) is 2. The summed E-state index contributed by atoms with van der Waals surface area (Å²) in [6.07, 6.45) is 7.08. The van der Waals surface area contributed by atoms with Gasteiger partial charge in [0.1, 0.15) is 0 Å². The van der Waals surface area contributed by atoms with E-state index in [1.165, 1.54) is 44.5 Å². The Hall–Kier alpha value is 0.310. The minimum absolute atomic E-state index is 0. The van der Waals surface area contributed by atoms with Crippen LogP contribution < -0.4 is 10.6 Å². The molecule has 126 valence electrons. The molecule has 4 nitrogen and oxygen atoms in total. The average Bonchev–Trinajstić information content (AvgIpc) is 2.46. The largest absolute Gasteiger partial charge is 0.356 e. The molecular formula is C15H33IN4S. The number of rotatable bonds is 7. The summed E-state index contributed by atoms with van der Waals surface area (Å²) in [5.74, 6) is 2.22. The topological polar surface area (TPSA) is 39.7 Å². The number of aliphatic imine (C=N–C) groups is 1. The number of thioether (sulfide) groups is 1. The molecule has 1 aliphatic rings. The van der Waals surface area contributed by atoms with E-state index in [2.05, 4.69) is 40.6 Å². The molecule has 0 amide bonds. The molecule has 2 N–H and O–H groups in total. The van der Waals surface area contributed by atoms with Crippen molar-refractivity contribution >= 4 is 41.7 Å². The molecule has 21 heavy (non-hydrogen) atoms. The Morgan fingerprint density at radius 2 is 1.95 bits per heavy atom. The van der Waals surface area contributed by atoms with Gasteiger partial charge in [-0.1, -0.05) is 0 Å². The second-order valence-corrected chi connectivity index (χ2v) is 6.73. The van der Waals surface area contributed by atoms with Gasteiger partial charge in [-0.3, -0.25) is 4.99 Å². The standard InChI is InChI=1S/C15H32N4S.HI/c1-13(2)19-10-7-14(8-11-19)18-15(16-3)17-9-5-6-12-20-4;/h13-14H,5-12H2,1-4H3,(H2,16,17,18);1H. The molecule has 0 radical (unpaired) electrons. The van der Waals surface area contributed by atoms with Gasteiger partial charge in [0.05, 0.1) is 0 Å². The number of guanidine groups is 1. The van der Waals surface area contributed by atoms with Crippen molar-refractivity contribution in [2.75, 3.05) is 38.7 Å². The van der Waals surface area contributed by atoms with Crippen LogP contribution in [-0.2, 0) is 0 Å². The highest BCUT2D eigenvalue weighted by Gasteiger charge is 2.21. The van der Waals surface area contributed by atoms with Crippen molar-refractivity contribution in [3.05, 3.63) is 0 Å². The minimum Gasteiger partial charge on any atom is -0.356 e. The highest BCUT2D eigenvalue weighted by Crippen LogP contribution is 2.12. The van der Waals surface area contributed by atoms with Crippen LogP contribution in [0.3, 0.4) is 0 Å². The SMILES string of the molecule is CN=C(NCCCCSC)NC1CCN(C(C)C)CC1.I. The van der Waals surface area contributed by atoms with Crippen molar-refractivity contribution in [2.45, 2.75) is 51.6 Å². The molecule has 0 spiro atoms. The molecule has 0 aromatic heterocycles. The number of nitrogens with zero attached hydrogens (tertiary/aromatic N) is 2. The number of halogens is 1. The van der Waals surface area contributed by atoms with Crippen molar-refractivity contribution in [1.29, 1.82) is 0 Å². The first-order valence-electron chi connectivity index (χ1n) is 7.87. The molecule has 0 unspecified atom stereocenters. The lowest BCUT2D eigenvalue weighted by molar-refractivity contribution is 0.167. The molecule has 0 aromatic carbocycles. The summed E-state index contributed by atoms with van der Waals surface area (Å²) in [6, 6.07) is 1.24. The van der Waals surface area contributed by atoms with Crippen molar-refractivity contribution < 1.29 is 0 Å². The number of hydrogen-bond donors (Lipinski definition) is 2. The second-order valence-electron chi connectivity index (χ2n) is 5.75. The monoisotopic (exact) mass is 428 g/mol. The van der Waals surface area contributed by atoms with E-state index in [1.807, 2.05) is 18.8 Å². The van der Waals surface area contributed by atoms with Gasteiger partial charge in [-0.15, -0.1) is 24.0 Å². The first kappa shape index (κ1) is 21.3. The summed E-state index contributed by atoms with van der Waals surface area (Å²) in [6.45, 7) is 7.97. The zero-order valence-electron chi connectivity index (χ0n) is 14.0. The number of unbranched alkanes of at least 4 members (excludes halogenated alkanes) is 1. The third-order valence-corrected chi connectivity index (χ3v) is 4.59. The van der Waals surface area contributed by atoms with Crippen LogP contribution in [0, 0.1) is 0 Å². The van der Waals surface area contributed by atoms with Crippen LogP contribution in [0.5, 0.6) is 0 Å². The summed E-state index contributed by atoms with van der Waals surface area (Å²) in [5.41, 5.74) is 0. The highest BCUT2D eigenvalue weighted by atomic mass is 127. The predicted molar refractivity (Wildman–Crippen MR) is 107 cm³/mol. The summed E-state index contributed by atoms with van der Waals surface area (Å²) >= 11 is 1.92. The third kappa shape index (κ3) is 9.13. The number of piperidine rings is 1. The first-order chi connectivity index (χ1) is 9.67. The average molecular weight is 428 g/mol. The maximum atomic E-state index is 4.33. The molecule has 0 aliphatic carbocycles. The van der Waals surface area contributed by atoms with E-state index in [4.69, 9.17) is 0 Å². The van der Waals surface area contributed by atoms with Crippen molar-refractivity contribution in [2.24, 2.45) is 4.99 Å². The number of likely N-dealkylation sites (tertiary alicyclic amines) is 1. The summed E-state index contributed by atoms with van der Waals surface area (Å²) in [7, 11) is 1.86. The van der Waals surface area contributed by atoms with Gasteiger partial charge in [-0.2, -0.15) is 11.8 Å². The third-order valence-electron chi connectivity index (χ3n) is 3.89. The van der Waals surface area contributed by atoms with Crippen molar-refractivity contribution in [1.82, 2.24) is 15.5 Å². The normalized spacial score (nSPS) is 17.7. The fraction of sp³-hybridized carbons (Fsp3) is 0.933. The van der Waals surface area contributed by atoms with Crippen LogP contribution in [0.25, 0.3) is 0 Å². The second kappa shape index (κ2) is 12.8. The van der Waals surface area contributed by atoms with Gasteiger partial charge >= 0.3 is 0 Å². The van der Waals surface area contributed by atoms with Gasteiger partial charge in [0.25, 0.3) is 0 Å². The number of hydrogen-bond acceptors (Lipinski definition) is 3. The molecule has 1 rings (SSSR count). The summed E-state index contributed by atoms with van der Waals surface area (Å²) in [5, 5.41) is 6.99. The Bertz CT molecular complexity index is 279. The van der Waals surface area contributed by atoms with E-state index in [-0.39, 0.29) is 24.0 Å². The van der Waals surface area contributed by atoms with E-state index in [0.717, 1.165) is 12.5 Å².